The Morgan fingerprint density at radius 2 is 1.88 bits per heavy atom. The fourth-order valence-corrected chi connectivity index (χ4v) is 4.33. The van der Waals surface area contributed by atoms with Crippen LogP contribution in [0.1, 0.15) is 64.2 Å². The van der Waals surface area contributed by atoms with Crippen molar-refractivity contribution in [2.75, 3.05) is 0 Å². The van der Waals surface area contributed by atoms with Crippen LogP contribution in [0.5, 0.6) is 0 Å². The molecular formula is C15H25NO. The quantitative estimate of drug-likeness (QED) is 0.796. The fraction of sp³-hybridized carbons (Fsp3) is 0.933. The van der Waals surface area contributed by atoms with E-state index in [1.165, 1.54) is 51.4 Å². The van der Waals surface area contributed by atoms with Crippen molar-refractivity contribution in [1.82, 2.24) is 5.32 Å². The second-order valence-electron chi connectivity index (χ2n) is 6.54. The molecule has 0 unspecified atom stereocenters. The summed E-state index contributed by atoms with van der Waals surface area (Å²) in [5.41, 5.74) is 0. The van der Waals surface area contributed by atoms with Crippen molar-refractivity contribution in [3.8, 4) is 0 Å². The number of fused-ring (bicyclic) bond motifs is 2. The first-order valence-electron chi connectivity index (χ1n) is 7.60. The second-order valence-corrected chi connectivity index (χ2v) is 6.54. The molecule has 2 bridgehead atoms. The van der Waals surface area contributed by atoms with Crippen LogP contribution in [-0.2, 0) is 4.79 Å². The summed E-state index contributed by atoms with van der Waals surface area (Å²) in [6, 6.07) is 0.532. The van der Waals surface area contributed by atoms with E-state index in [0.717, 1.165) is 30.6 Å². The minimum absolute atomic E-state index is 0.328. The summed E-state index contributed by atoms with van der Waals surface area (Å²) in [6.45, 7) is 0. The molecule has 2 heteroatoms. The Hall–Kier alpha value is -0.530. The molecule has 0 heterocycles. The van der Waals surface area contributed by atoms with E-state index < -0.39 is 0 Å². The van der Waals surface area contributed by atoms with Crippen molar-refractivity contribution in [2.45, 2.75) is 70.3 Å². The molecule has 3 fully saturated rings. The zero-order chi connectivity index (χ0) is 11.7. The monoisotopic (exact) mass is 235 g/mol. The average Bonchev–Trinajstić information content (AvgIpc) is 3.03. The zero-order valence-electron chi connectivity index (χ0n) is 10.8. The van der Waals surface area contributed by atoms with E-state index in [0.29, 0.717) is 11.9 Å². The SMILES string of the molecule is O=C(CCC1CCCC1)N[C@H]1C[C@H]2CC[C@H]1C2. The third-order valence-electron chi connectivity index (χ3n) is 5.34. The zero-order valence-corrected chi connectivity index (χ0v) is 10.8. The number of hydrogen-bond donors (Lipinski definition) is 1. The first-order valence-corrected chi connectivity index (χ1v) is 7.60. The summed E-state index contributed by atoms with van der Waals surface area (Å²) >= 11 is 0. The number of carbonyl (C=O) groups excluding carboxylic acids is 1. The van der Waals surface area contributed by atoms with Crippen molar-refractivity contribution >= 4 is 5.91 Å². The molecule has 0 saturated heterocycles. The van der Waals surface area contributed by atoms with Crippen LogP contribution in [0.4, 0.5) is 0 Å². The van der Waals surface area contributed by atoms with Crippen LogP contribution < -0.4 is 5.32 Å². The van der Waals surface area contributed by atoms with Gasteiger partial charge in [-0.1, -0.05) is 32.1 Å². The first-order chi connectivity index (χ1) is 8.31. The maximum Gasteiger partial charge on any atom is 0.220 e. The summed E-state index contributed by atoms with van der Waals surface area (Å²) < 4.78 is 0. The Bertz CT molecular complexity index is 283. The molecule has 3 aliphatic carbocycles. The summed E-state index contributed by atoms with van der Waals surface area (Å²) in [4.78, 5) is 11.9. The van der Waals surface area contributed by atoms with Crippen molar-refractivity contribution < 1.29 is 4.79 Å². The van der Waals surface area contributed by atoms with Crippen molar-refractivity contribution in [1.29, 1.82) is 0 Å². The van der Waals surface area contributed by atoms with E-state index in [4.69, 9.17) is 0 Å². The lowest BCUT2D eigenvalue weighted by molar-refractivity contribution is -0.122. The molecule has 0 aromatic heterocycles. The molecule has 3 rings (SSSR count). The van der Waals surface area contributed by atoms with Crippen LogP contribution in [-0.4, -0.2) is 11.9 Å². The van der Waals surface area contributed by atoms with E-state index in [-0.39, 0.29) is 0 Å². The average molecular weight is 235 g/mol. The Morgan fingerprint density at radius 1 is 1.06 bits per heavy atom. The van der Waals surface area contributed by atoms with Crippen LogP contribution >= 0.6 is 0 Å². The highest BCUT2D eigenvalue weighted by Crippen LogP contribution is 2.44. The largest absolute Gasteiger partial charge is 0.353 e. The molecule has 3 saturated carbocycles. The van der Waals surface area contributed by atoms with Gasteiger partial charge >= 0.3 is 0 Å². The fourth-order valence-electron chi connectivity index (χ4n) is 4.33. The van der Waals surface area contributed by atoms with Gasteiger partial charge in [0.25, 0.3) is 0 Å². The molecule has 0 aromatic rings. The molecule has 1 N–H and O–H groups in total. The molecule has 17 heavy (non-hydrogen) atoms. The van der Waals surface area contributed by atoms with Gasteiger partial charge in [-0.15, -0.1) is 0 Å². The van der Waals surface area contributed by atoms with Crippen molar-refractivity contribution in [3.63, 3.8) is 0 Å². The van der Waals surface area contributed by atoms with E-state index in [1.54, 1.807) is 0 Å². The van der Waals surface area contributed by atoms with Gasteiger partial charge in [0.15, 0.2) is 0 Å². The molecule has 0 radical (unpaired) electrons. The lowest BCUT2D eigenvalue weighted by Crippen LogP contribution is -2.38. The summed E-state index contributed by atoms with van der Waals surface area (Å²) in [5, 5.41) is 3.30. The minimum atomic E-state index is 0.328. The molecule has 3 atom stereocenters. The van der Waals surface area contributed by atoms with Gasteiger partial charge in [0.1, 0.15) is 0 Å². The number of rotatable bonds is 4. The summed E-state index contributed by atoms with van der Waals surface area (Å²) in [6.07, 6.45) is 12.8. The highest BCUT2D eigenvalue weighted by molar-refractivity contribution is 5.76. The van der Waals surface area contributed by atoms with Crippen LogP contribution in [0.2, 0.25) is 0 Å². The summed E-state index contributed by atoms with van der Waals surface area (Å²) in [7, 11) is 0. The highest BCUT2D eigenvalue weighted by Gasteiger charge is 2.39. The molecular weight excluding hydrogens is 210 g/mol. The predicted molar refractivity (Wildman–Crippen MR) is 68.6 cm³/mol. The number of hydrogen-bond acceptors (Lipinski definition) is 1. The van der Waals surface area contributed by atoms with Gasteiger partial charge < -0.3 is 5.32 Å². The van der Waals surface area contributed by atoms with E-state index in [9.17, 15) is 4.79 Å². The first kappa shape index (κ1) is 11.6. The standard InChI is InChI=1S/C15H25NO/c17-15(8-6-11-3-1-2-4-11)16-14-10-12-5-7-13(14)9-12/h11-14H,1-10H2,(H,16,17)/t12-,13-,14-/m0/s1. The Balaban J connectivity index is 1.38. The molecule has 0 aliphatic heterocycles. The lowest BCUT2D eigenvalue weighted by atomic mass is 9.95. The second kappa shape index (κ2) is 4.99. The third kappa shape index (κ3) is 2.66. The van der Waals surface area contributed by atoms with Gasteiger partial charge in [0, 0.05) is 12.5 Å². The third-order valence-corrected chi connectivity index (χ3v) is 5.34. The van der Waals surface area contributed by atoms with Crippen LogP contribution in [0.15, 0.2) is 0 Å². The molecule has 0 aromatic carbocycles. The molecule has 2 nitrogen and oxygen atoms in total. The normalized spacial score (nSPS) is 36.6. The van der Waals surface area contributed by atoms with Gasteiger partial charge in [-0.25, -0.2) is 0 Å². The lowest BCUT2D eigenvalue weighted by Gasteiger charge is -2.23. The van der Waals surface area contributed by atoms with Crippen LogP contribution in [0, 0.1) is 17.8 Å². The smallest absolute Gasteiger partial charge is 0.220 e. The number of nitrogens with one attached hydrogen (secondary N) is 1. The Labute approximate surface area is 105 Å². The van der Waals surface area contributed by atoms with Gasteiger partial charge in [-0.05, 0) is 43.4 Å². The Kier molecular flexibility index (Phi) is 3.39. The number of carbonyl (C=O) groups is 1. The predicted octanol–water partition coefficient (Wildman–Crippen LogP) is 3.26. The van der Waals surface area contributed by atoms with Crippen LogP contribution in [0.3, 0.4) is 0 Å². The van der Waals surface area contributed by atoms with E-state index in [2.05, 4.69) is 5.32 Å². The Morgan fingerprint density at radius 3 is 2.53 bits per heavy atom. The maximum absolute atomic E-state index is 11.9. The molecule has 0 spiro atoms. The molecule has 96 valence electrons. The van der Waals surface area contributed by atoms with E-state index in [1.807, 2.05) is 0 Å². The van der Waals surface area contributed by atoms with Gasteiger partial charge in [-0.2, -0.15) is 0 Å². The van der Waals surface area contributed by atoms with Gasteiger partial charge in [-0.3, -0.25) is 4.79 Å². The maximum atomic E-state index is 11.9. The molecule has 3 aliphatic rings. The highest BCUT2D eigenvalue weighted by atomic mass is 16.1. The van der Waals surface area contributed by atoms with Crippen molar-refractivity contribution in [2.24, 2.45) is 17.8 Å². The molecule has 1 amide bonds. The van der Waals surface area contributed by atoms with Crippen LogP contribution in [0.25, 0.3) is 0 Å². The van der Waals surface area contributed by atoms with Gasteiger partial charge in [0.2, 0.25) is 5.91 Å². The number of amides is 1. The topological polar surface area (TPSA) is 29.1 Å². The minimum Gasteiger partial charge on any atom is -0.353 e. The van der Waals surface area contributed by atoms with Gasteiger partial charge in [0.05, 0.1) is 0 Å². The van der Waals surface area contributed by atoms with E-state index >= 15 is 0 Å². The van der Waals surface area contributed by atoms with Crippen molar-refractivity contribution in [3.05, 3.63) is 0 Å². The summed E-state index contributed by atoms with van der Waals surface area (Å²) in [5.74, 6) is 2.92.